The maximum atomic E-state index is 12.5. The van der Waals surface area contributed by atoms with Crippen LogP contribution in [0.3, 0.4) is 0 Å². The van der Waals surface area contributed by atoms with E-state index >= 15 is 0 Å². The van der Waals surface area contributed by atoms with Gasteiger partial charge in [0.05, 0.1) is 26.1 Å². The van der Waals surface area contributed by atoms with Gasteiger partial charge in [0.15, 0.2) is 0 Å². The number of ether oxygens (including phenoxy) is 2. The lowest BCUT2D eigenvalue weighted by molar-refractivity contribution is -0.143. The smallest absolute Gasteiger partial charge is 0.310 e. The van der Waals surface area contributed by atoms with E-state index in [2.05, 4.69) is 0 Å². The molecule has 46 heavy (non-hydrogen) atoms. The molecule has 4 aromatic rings. The lowest BCUT2D eigenvalue weighted by atomic mass is 9.87. The van der Waals surface area contributed by atoms with E-state index in [0.717, 1.165) is 11.1 Å². The van der Waals surface area contributed by atoms with E-state index in [0.29, 0.717) is 55.6 Å². The number of carbonyl (C=O) groups is 2. The van der Waals surface area contributed by atoms with E-state index < -0.39 is 11.9 Å². The number of phenolic OH excluding ortho intramolecular Hbond substituents is 4. The Morgan fingerprint density at radius 1 is 0.543 bits per heavy atom. The Kier molecular flexibility index (Phi) is 9.56. The van der Waals surface area contributed by atoms with Crippen molar-refractivity contribution in [2.45, 2.75) is 66.2 Å². The monoisotopic (exact) mass is 624 g/mol. The molecule has 8 nitrogen and oxygen atoms in total. The molecular formula is C38H40O8. The van der Waals surface area contributed by atoms with E-state index in [1.807, 2.05) is 26.0 Å². The van der Waals surface area contributed by atoms with Crippen LogP contribution >= 0.6 is 0 Å². The van der Waals surface area contributed by atoms with Crippen molar-refractivity contribution in [3.8, 4) is 23.0 Å². The highest BCUT2D eigenvalue weighted by Crippen LogP contribution is 2.39. The number of hydrogen-bond acceptors (Lipinski definition) is 8. The molecule has 8 heteroatoms. The molecule has 1 aliphatic rings. The first-order valence-corrected chi connectivity index (χ1v) is 15.6. The van der Waals surface area contributed by atoms with Gasteiger partial charge in [0.25, 0.3) is 0 Å². The zero-order valence-corrected chi connectivity index (χ0v) is 26.7. The number of aryl methyl sites for hydroxylation is 2. The van der Waals surface area contributed by atoms with Crippen LogP contribution in [0.15, 0.2) is 48.5 Å². The first-order valence-electron chi connectivity index (χ1n) is 15.6. The summed E-state index contributed by atoms with van der Waals surface area (Å²) in [6.07, 6.45) is 0.691. The topological polar surface area (TPSA) is 134 Å². The van der Waals surface area contributed by atoms with Crippen LogP contribution in [0.2, 0.25) is 0 Å². The average Bonchev–Trinajstić information content (AvgIpc) is 3.00. The first kappa shape index (κ1) is 32.4. The Hall–Kier alpha value is -4.98. The minimum absolute atomic E-state index is 0.00626. The van der Waals surface area contributed by atoms with Crippen molar-refractivity contribution in [1.29, 1.82) is 0 Å². The number of rotatable bonds is 6. The fourth-order valence-electron chi connectivity index (χ4n) is 6.26. The molecule has 0 radical (unpaired) electrons. The highest BCUT2D eigenvalue weighted by molar-refractivity contribution is 5.74. The summed E-state index contributed by atoms with van der Waals surface area (Å²) in [7, 11) is 0. The quantitative estimate of drug-likeness (QED) is 0.169. The molecule has 0 unspecified atom stereocenters. The van der Waals surface area contributed by atoms with Gasteiger partial charge >= 0.3 is 11.9 Å². The fraction of sp³-hybridized carbons (Fsp3) is 0.316. The number of phenols is 4. The number of benzene rings is 4. The summed E-state index contributed by atoms with van der Waals surface area (Å²) in [5.41, 5.74) is 7.31. The molecule has 0 aliphatic heterocycles. The van der Waals surface area contributed by atoms with Crippen molar-refractivity contribution in [3.63, 3.8) is 0 Å². The predicted molar refractivity (Wildman–Crippen MR) is 174 cm³/mol. The van der Waals surface area contributed by atoms with Gasteiger partial charge in [-0.15, -0.1) is 0 Å². The van der Waals surface area contributed by atoms with Crippen molar-refractivity contribution >= 4 is 11.9 Å². The van der Waals surface area contributed by atoms with Gasteiger partial charge in [0.2, 0.25) is 0 Å². The summed E-state index contributed by atoms with van der Waals surface area (Å²) in [5, 5.41) is 46.3. The van der Waals surface area contributed by atoms with Crippen LogP contribution in [0.1, 0.15) is 80.6 Å². The van der Waals surface area contributed by atoms with Crippen molar-refractivity contribution in [2.24, 2.45) is 0 Å². The molecule has 4 N–H and O–H groups in total. The van der Waals surface area contributed by atoms with Crippen LogP contribution in [0.4, 0.5) is 0 Å². The van der Waals surface area contributed by atoms with Crippen LogP contribution in [0.25, 0.3) is 0 Å². The summed E-state index contributed by atoms with van der Waals surface area (Å²) in [4.78, 5) is 24.9. The Bertz CT molecular complexity index is 1690. The Morgan fingerprint density at radius 3 is 1.24 bits per heavy atom. The molecule has 0 saturated heterocycles. The summed E-state index contributed by atoms with van der Waals surface area (Å²) in [5.74, 6) is -0.651. The molecule has 0 spiro atoms. The Balaban J connectivity index is 1.73. The lowest BCUT2D eigenvalue weighted by Crippen LogP contribution is -2.09. The number of esters is 2. The number of hydrogen-bond donors (Lipinski definition) is 4. The van der Waals surface area contributed by atoms with Crippen LogP contribution in [0.5, 0.6) is 23.0 Å². The molecule has 0 fully saturated rings. The van der Waals surface area contributed by atoms with E-state index in [4.69, 9.17) is 9.47 Å². The van der Waals surface area contributed by atoms with Crippen LogP contribution in [-0.4, -0.2) is 45.6 Å². The first-order chi connectivity index (χ1) is 22.0. The second-order valence-corrected chi connectivity index (χ2v) is 11.9. The minimum Gasteiger partial charge on any atom is -0.507 e. The van der Waals surface area contributed by atoms with Gasteiger partial charge in [-0.05, 0) is 83.3 Å². The summed E-state index contributed by atoms with van der Waals surface area (Å²) in [6, 6.07) is 14.4. The van der Waals surface area contributed by atoms with Gasteiger partial charge < -0.3 is 29.9 Å². The third-order valence-corrected chi connectivity index (χ3v) is 8.66. The van der Waals surface area contributed by atoms with E-state index in [-0.39, 0.29) is 74.7 Å². The molecule has 0 atom stereocenters. The molecule has 4 aromatic carbocycles. The van der Waals surface area contributed by atoms with Gasteiger partial charge in [-0.3, -0.25) is 9.59 Å². The standard InChI is InChI=1S/C38H40O8/c1-5-45-33(39)15-23-11-27-17-25-9-7-22(4)32(37(25)43)20-30-14-24(16-34(40)46-6-2)12-28(36(30)42)18-26-10-8-21(3)31(38(26)44)19-29(13-23)35(27)41/h7-14,41-44H,5-6,15-20H2,1-4H3. The highest BCUT2D eigenvalue weighted by Gasteiger charge is 2.22. The maximum absolute atomic E-state index is 12.5. The molecular weight excluding hydrogens is 584 g/mol. The van der Waals surface area contributed by atoms with E-state index in [1.54, 1.807) is 50.2 Å². The third kappa shape index (κ3) is 6.81. The zero-order chi connectivity index (χ0) is 33.1. The van der Waals surface area contributed by atoms with Crippen molar-refractivity contribution in [3.05, 3.63) is 115 Å². The number of fused-ring (bicyclic) bond motifs is 8. The molecule has 0 aromatic heterocycles. The second kappa shape index (κ2) is 13.6. The molecule has 240 valence electrons. The van der Waals surface area contributed by atoms with Crippen molar-refractivity contribution < 1.29 is 39.5 Å². The summed E-state index contributed by atoms with van der Waals surface area (Å²) in [6.45, 7) is 7.73. The molecule has 0 amide bonds. The van der Waals surface area contributed by atoms with Gasteiger partial charge in [-0.1, -0.05) is 48.5 Å². The maximum Gasteiger partial charge on any atom is 0.310 e. The molecule has 5 rings (SSSR count). The van der Waals surface area contributed by atoms with Crippen LogP contribution in [0, 0.1) is 13.8 Å². The highest BCUT2D eigenvalue weighted by atomic mass is 16.5. The second-order valence-electron chi connectivity index (χ2n) is 11.9. The van der Waals surface area contributed by atoms with Gasteiger partial charge in [0.1, 0.15) is 23.0 Å². The number of aromatic hydroxyl groups is 4. The molecule has 8 bridgehead atoms. The van der Waals surface area contributed by atoms with E-state index in [1.165, 1.54) is 0 Å². The zero-order valence-electron chi connectivity index (χ0n) is 26.7. The average molecular weight is 625 g/mol. The third-order valence-electron chi connectivity index (χ3n) is 8.66. The molecule has 1 aliphatic carbocycles. The van der Waals surface area contributed by atoms with Gasteiger partial charge in [-0.2, -0.15) is 0 Å². The Labute approximate surface area is 268 Å². The SMILES string of the molecule is CCOC(=O)Cc1cc2c(O)c(c1)Cc1c(C)ccc(c1O)Cc1cc(CC(=O)OCC)cc(c1O)Cc1c(C)ccc(c1O)C2. The van der Waals surface area contributed by atoms with Gasteiger partial charge in [0, 0.05) is 36.8 Å². The minimum atomic E-state index is -0.392. The largest absolute Gasteiger partial charge is 0.507 e. The van der Waals surface area contributed by atoms with Gasteiger partial charge in [-0.25, -0.2) is 0 Å². The lowest BCUT2D eigenvalue weighted by Gasteiger charge is -2.20. The predicted octanol–water partition coefficient (Wildman–Crippen LogP) is 6.01. The van der Waals surface area contributed by atoms with Crippen molar-refractivity contribution in [1.82, 2.24) is 0 Å². The number of carbonyl (C=O) groups excluding carboxylic acids is 2. The van der Waals surface area contributed by atoms with Crippen molar-refractivity contribution in [2.75, 3.05) is 13.2 Å². The van der Waals surface area contributed by atoms with E-state index in [9.17, 15) is 30.0 Å². The molecule has 0 saturated carbocycles. The normalized spacial score (nSPS) is 12.4. The summed E-state index contributed by atoms with van der Waals surface area (Å²) < 4.78 is 10.4. The molecule has 0 heterocycles. The summed E-state index contributed by atoms with van der Waals surface area (Å²) >= 11 is 0. The fourth-order valence-corrected chi connectivity index (χ4v) is 6.26. The van der Waals surface area contributed by atoms with Crippen LogP contribution in [-0.2, 0) is 57.6 Å². The van der Waals surface area contributed by atoms with Crippen LogP contribution < -0.4 is 0 Å². The Morgan fingerprint density at radius 2 is 0.891 bits per heavy atom.